The molecule has 0 aliphatic carbocycles. The number of para-hydroxylation sites is 2. The van der Waals surface area contributed by atoms with E-state index in [-0.39, 0.29) is 11.7 Å². The van der Waals surface area contributed by atoms with Crippen molar-refractivity contribution in [1.82, 2.24) is 14.9 Å². The van der Waals surface area contributed by atoms with Gasteiger partial charge in [0.1, 0.15) is 5.82 Å². The molecule has 0 unspecified atom stereocenters. The highest BCUT2D eigenvalue weighted by Crippen LogP contribution is 2.18. The van der Waals surface area contributed by atoms with Gasteiger partial charge in [-0.05, 0) is 55.7 Å². The van der Waals surface area contributed by atoms with Crippen molar-refractivity contribution in [1.29, 1.82) is 0 Å². The summed E-state index contributed by atoms with van der Waals surface area (Å²) < 4.78 is 5.82. The lowest BCUT2D eigenvalue weighted by Gasteiger charge is -2.28. The molecule has 0 spiro atoms. The van der Waals surface area contributed by atoms with E-state index in [9.17, 15) is 4.79 Å². The van der Waals surface area contributed by atoms with Crippen LogP contribution in [0.15, 0.2) is 53.3 Å². The van der Waals surface area contributed by atoms with Crippen LogP contribution in [0.25, 0.3) is 10.9 Å². The van der Waals surface area contributed by atoms with Gasteiger partial charge in [-0.1, -0.05) is 30.3 Å². The zero-order chi connectivity index (χ0) is 20.2. The van der Waals surface area contributed by atoms with Crippen LogP contribution < -0.4 is 10.9 Å². The average molecular weight is 409 g/mol. The number of anilines is 1. The maximum Gasteiger partial charge on any atom is 0.258 e. The summed E-state index contributed by atoms with van der Waals surface area (Å²) in [5.74, 6) is 0.584. The summed E-state index contributed by atoms with van der Waals surface area (Å²) in [6, 6.07) is 15.4. The molecule has 2 aromatic carbocycles. The van der Waals surface area contributed by atoms with Crippen LogP contribution in [0.3, 0.4) is 0 Å². The van der Waals surface area contributed by atoms with Gasteiger partial charge in [0.15, 0.2) is 5.11 Å². The lowest BCUT2D eigenvalue weighted by Crippen LogP contribution is -2.40. The van der Waals surface area contributed by atoms with Gasteiger partial charge in [-0.3, -0.25) is 4.79 Å². The largest absolute Gasteiger partial charge is 0.376 e. The molecule has 3 aromatic rings. The third kappa shape index (κ3) is 4.63. The van der Waals surface area contributed by atoms with Gasteiger partial charge in [-0.25, -0.2) is 4.98 Å². The third-order valence-electron chi connectivity index (χ3n) is 5.12. The first-order valence-corrected chi connectivity index (χ1v) is 10.2. The van der Waals surface area contributed by atoms with Gasteiger partial charge in [0.25, 0.3) is 5.56 Å². The van der Waals surface area contributed by atoms with Gasteiger partial charge >= 0.3 is 0 Å². The summed E-state index contributed by atoms with van der Waals surface area (Å²) >= 11 is 5.72. The monoisotopic (exact) mass is 408 g/mol. The van der Waals surface area contributed by atoms with Crippen molar-refractivity contribution in [2.24, 2.45) is 0 Å². The van der Waals surface area contributed by atoms with E-state index in [1.807, 2.05) is 54.3 Å². The smallest absolute Gasteiger partial charge is 0.258 e. The summed E-state index contributed by atoms with van der Waals surface area (Å²) in [6.07, 6.45) is 2.19. The molecule has 2 N–H and O–H groups in total. The van der Waals surface area contributed by atoms with E-state index in [0.29, 0.717) is 34.9 Å². The summed E-state index contributed by atoms with van der Waals surface area (Å²) in [4.78, 5) is 22.0. The molecule has 0 amide bonds. The topological polar surface area (TPSA) is 70.2 Å². The van der Waals surface area contributed by atoms with E-state index in [4.69, 9.17) is 17.0 Å². The van der Waals surface area contributed by atoms with Crippen LogP contribution in [0.2, 0.25) is 0 Å². The summed E-state index contributed by atoms with van der Waals surface area (Å²) in [7, 11) is 0. The van der Waals surface area contributed by atoms with Crippen LogP contribution in [-0.2, 0) is 11.3 Å². The van der Waals surface area contributed by atoms with E-state index in [0.717, 1.165) is 30.7 Å². The molecule has 0 radical (unpaired) electrons. The van der Waals surface area contributed by atoms with Crippen molar-refractivity contribution < 1.29 is 4.74 Å². The van der Waals surface area contributed by atoms with Gasteiger partial charge in [0.2, 0.25) is 0 Å². The molecule has 0 bridgehead atoms. The highest BCUT2D eigenvalue weighted by Gasteiger charge is 2.22. The summed E-state index contributed by atoms with van der Waals surface area (Å²) in [5.41, 5.74) is 2.63. The summed E-state index contributed by atoms with van der Waals surface area (Å²) in [5, 5.41) is 4.51. The van der Waals surface area contributed by atoms with Crippen molar-refractivity contribution >= 4 is 33.9 Å². The van der Waals surface area contributed by atoms with Gasteiger partial charge in [-0.15, -0.1) is 0 Å². The predicted octanol–water partition coefficient (Wildman–Crippen LogP) is 3.61. The number of benzene rings is 2. The van der Waals surface area contributed by atoms with Gasteiger partial charge in [-0.2, -0.15) is 0 Å². The Kier molecular flexibility index (Phi) is 5.87. The van der Waals surface area contributed by atoms with Crippen molar-refractivity contribution in [3.8, 4) is 0 Å². The van der Waals surface area contributed by atoms with E-state index in [1.165, 1.54) is 0 Å². The number of nitrogens with zero attached hydrogens (tertiary/aromatic N) is 2. The molecule has 150 valence electrons. The van der Waals surface area contributed by atoms with Crippen LogP contribution in [0.1, 0.15) is 24.2 Å². The molecule has 4 rings (SSSR count). The summed E-state index contributed by atoms with van der Waals surface area (Å²) in [6.45, 7) is 3.87. The minimum Gasteiger partial charge on any atom is -0.376 e. The Bertz CT molecular complexity index is 1080. The van der Waals surface area contributed by atoms with Gasteiger partial charge in [0, 0.05) is 18.8 Å². The van der Waals surface area contributed by atoms with Crippen LogP contribution in [-0.4, -0.2) is 39.2 Å². The number of fused-ring (bicyclic) bond motifs is 1. The van der Waals surface area contributed by atoms with E-state index < -0.39 is 0 Å². The van der Waals surface area contributed by atoms with Crippen molar-refractivity contribution in [2.45, 2.75) is 32.4 Å². The molecule has 1 aliphatic rings. The minimum atomic E-state index is -0.138. The molecule has 1 aliphatic heterocycles. The Morgan fingerprint density at radius 1 is 1.28 bits per heavy atom. The quantitative estimate of drug-likeness (QED) is 0.629. The van der Waals surface area contributed by atoms with Crippen LogP contribution in [0, 0.1) is 6.92 Å². The average Bonchev–Trinajstić information content (AvgIpc) is 3.22. The molecule has 0 saturated carbocycles. The van der Waals surface area contributed by atoms with E-state index in [1.54, 1.807) is 6.07 Å². The molecule has 6 nitrogen and oxygen atoms in total. The first-order chi connectivity index (χ1) is 14.1. The highest BCUT2D eigenvalue weighted by atomic mass is 32.1. The molecule has 2 heterocycles. The molecule has 1 aromatic heterocycles. The normalized spacial score (nSPS) is 16.1. The Labute approximate surface area is 174 Å². The fourth-order valence-electron chi connectivity index (χ4n) is 3.55. The minimum absolute atomic E-state index is 0.124. The Morgan fingerprint density at radius 2 is 2.07 bits per heavy atom. The van der Waals surface area contributed by atoms with Crippen LogP contribution in [0.4, 0.5) is 5.69 Å². The number of rotatable bonds is 5. The second kappa shape index (κ2) is 8.71. The molecule has 29 heavy (non-hydrogen) atoms. The van der Waals surface area contributed by atoms with Crippen LogP contribution >= 0.6 is 12.2 Å². The highest BCUT2D eigenvalue weighted by molar-refractivity contribution is 7.80. The number of hydrogen-bond acceptors (Lipinski definition) is 4. The molecule has 1 fully saturated rings. The lowest BCUT2D eigenvalue weighted by molar-refractivity contribution is 0.0900. The SMILES string of the molecule is Cc1ccccc1NC(=S)N(Cc1nc2ccccc2c(=O)[nH]1)C[C@@H]1CCCO1. The zero-order valence-corrected chi connectivity index (χ0v) is 17.2. The number of aromatic amines is 1. The first kappa shape index (κ1) is 19.5. The molecular formula is C22H24N4O2S. The van der Waals surface area contributed by atoms with Crippen molar-refractivity contribution in [3.05, 3.63) is 70.3 Å². The lowest BCUT2D eigenvalue weighted by atomic mass is 10.2. The third-order valence-corrected chi connectivity index (χ3v) is 5.48. The fraction of sp³-hybridized carbons (Fsp3) is 0.318. The number of nitrogens with one attached hydrogen (secondary N) is 2. The maximum absolute atomic E-state index is 12.4. The molecule has 1 saturated heterocycles. The zero-order valence-electron chi connectivity index (χ0n) is 16.4. The van der Waals surface area contributed by atoms with Crippen molar-refractivity contribution in [3.63, 3.8) is 0 Å². The Morgan fingerprint density at radius 3 is 2.86 bits per heavy atom. The number of aromatic nitrogens is 2. The second-order valence-electron chi connectivity index (χ2n) is 7.29. The molecule has 1 atom stereocenters. The standard InChI is InChI=1S/C22H24N4O2S/c1-15-7-2-4-10-18(15)24-22(29)26(13-16-8-6-12-28-16)14-20-23-19-11-5-3-9-17(19)21(27)25-20/h2-5,7,9-11,16H,6,8,12-14H2,1H3,(H,24,29)(H,23,25,27)/t16-/m0/s1. The molecule has 7 heteroatoms. The van der Waals surface area contributed by atoms with E-state index in [2.05, 4.69) is 15.3 Å². The fourth-order valence-corrected chi connectivity index (χ4v) is 3.80. The maximum atomic E-state index is 12.4. The predicted molar refractivity (Wildman–Crippen MR) is 119 cm³/mol. The number of aryl methyl sites for hydroxylation is 1. The van der Waals surface area contributed by atoms with Gasteiger partial charge in [0.05, 0.1) is 23.6 Å². The molecular weight excluding hydrogens is 384 g/mol. The van der Waals surface area contributed by atoms with Gasteiger partial charge < -0.3 is 19.9 Å². The second-order valence-corrected chi connectivity index (χ2v) is 7.68. The van der Waals surface area contributed by atoms with E-state index >= 15 is 0 Å². The first-order valence-electron chi connectivity index (χ1n) is 9.81. The number of ether oxygens (including phenoxy) is 1. The number of H-pyrrole nitrogens is 1. The van der Waals surface area contributed by atoms with Crippen molar-refractivity contribution in [2.75, 3.05) is 18.5 Å². The Balaban J connectivity index is 1.59. The number of hydrogen-bond donors (Lipinski definition) is 2. The van der Waals surface area contributed by atoms with Crippen LogP contribution in [0.5, 0.6) is 0 Å². The number of thiocarbonyl (C=S) groups is 1. The Hall–Kier alpha value is -2.77.